The summed E-state index contributed by atoms with van der Waals surface area (Å²) < 4.78 is 32.4. The van der Waals surface area contributed by atoms with Crippen molar-refractivity contribution in [2.75, 3.05) is 33.3 Å². The summed E-state index contributed by atoms with van der Waals surface area (Å²) in [5.74, 6) is -0.225. The first-order valence-electron chi connectivity index (χ1n) is 7.67. The van der Waals surface area contributed by atoms with Gasteiger partial charge in [0.05, 0.1) is 11.0 Å². The van der Waals surface area contributed by atoms with Gasteiger partial charge in [0, 0.05) is 31.8 Å². The topological polar surface area (TPSA) is 96.5 Å². The van der Waals surface area contributed by atoms with Crippen LogP contribution in [0.15, 0.2) is 29.2 Å². The molecular weight excluding hydrogens is 318 g/mol. The lowest BCUT2D eigenvalue weighted by molar-refractivity contribution is 0.0954. The second-order valence-electron chi connectivity index (χ2n) is 5.37. The highest BCUT2D eigenvalue weighted by atomic mass is 32.2. The first-order chi connectivity index (χ1) is 11.0. The van der Waals surface area contributed by atoms with Gasteiger partial charge < -0.3 is 15.4 Å². The Labute approximate surface area is 136 Å². The number of rotatable bonds is 8. The Bertz CT molecular complexity index is 610. The van der Waals surface area contributed by atoms with Crippen LogP contribution in [0.4, 0.5) is 0 Å². The van der Waals surface area contributed by atoms with Crippen LogP contribution in [-0.4, -0.2) is 53.7 Å². The molecule has 1 amide bonds. The third-order valence-electron chi connectivity index (χ3n) is 3.61. The van der Waals surface area contributed by atoms with Crippen molar-refractivity contribution in [1.29, 1.82) is 0 Å². The highest BCUT2D eigenvalue weighted by Gasteiger charge is 2.20. The standard InChI is InChI=1S/C15H23N3O4S/c1-16-8-9-17-15(19)12-4-6-14(7-5-12)23(20,21)18-11-13-3-2-10-22-13/h4-7,13,16,18H,2-3,8-11H2,1H3,(H,17,19). The predicted molar refractivity (Wildman–Crippen MR) is 86.9 cm³/mol. The second-order valence-corrected chi connectivity index (χ2v) is 7.14. The van der Waals surface area contributed by atoms with Crippen molar-refractivity contribution >= 4 is 15.9 Å². The van der Waals surface area contributed by atoms with Gasteiger partial charge in [-0.05, 0) is 44.2 Å². The van der Waals surface area contributed by atoms with Crippen molar-refractivity contribution in [3.05, 3.63) is 29.8 Å². The molecule has 1 aliphatic heterocycles. The number of sulfonamides is 1. The molecule has 1 aromatic carbocycles. The second kappa shape index (κ2) is 8.39. The summed E-state index contributed by atoms with van der Waals surface area (Å²) >= 11 is 0. The van der Waals surface area contributed by atoms with E-state index in [9.17, 15) is 13.2 Å². The number of ether oxygens (including phenoxy) is 1. The quantitative estimate of drug-likeness (QED) is 0.583. The Morgan fingerprint density at radius 2 is 2.00 bits per heavy atom. The van der Waals surface area contributed by atoms with Crippen molar-refractivity contribution in [1.82, 2.24) is 15.4 Å². The Morgan fingerprint density at radius 3 is 2.61 bits per heavy atom. The van der Waals surface area contributed by atoms with E-state index in [0.717, 1.165) is 12.8 Å². The minimum absolute atomic E-state index is 0.0537. The third-order valence-corrected chi connectivity index (χ3v) is 5.05. The molecule has 0 aromatic heterocycles. The molecule has 1 atom stereocenters. The summed E-state index contributed by atoms with van der Waals surface area (Å²) in [4.78, 5) is 12.0. The van der Waals surface area contributed by atoms with Crippen molar-refractivity contribution in [3.63, 3.8) is 0 Å². The molecule has 23 heavy (non-hydrogen) atoms. The van der Waals surface area contributed by atoms with Gasteiger partial charge in [-0.2, -0.15) is 0 Å². The first kappa shape index (κ1) is 17.9. The largest absolute Gasteiger partial charge is 0.377 e. The molecule has 0 radical (unpaired) electrons. The molecule has 0 saturated carbocycles. The maximum Gasteiger partial charge on any atom is 0.251 e. The number of hydrogen-bond donors (Lipinski definition) is 3. The molecule has 2 rings (SSSR count). The van der Waals surface area contributed by atoms with Crippen LogP contribution in [-0.2, 0) is 14.8 Å². The molecule has 1 aliphatic rings. The molecule has 1 saturated heterocycles. The molecule has 0 bridgehead atoms. The monoisotopic (exact) mass is 341 g/mol. The van der Waals surface area contributed by atoms with Gasteiger partial charge in [-0.1, -0.05) is 0 Å². The summed E-state index contributed by atoms with van der Waals surface area (Å²) in [5.41, 5.74) is 0.430. The normalized spacial score (nSPS) is 18.0. The minimum Gasteiger partial charge on any atom is -0.377 e. The summed E-state index contributed by atoms with van der Waals surface area (Å²) in [6.07, 6.45) is 1.78. The number of benzene rings is 1. The lowest BCUT2D eigenvalue weighted by atomic mass is 10.2. The lowest BCUT2D eigenvalue weighted by Gasteiger charge is -2.11. The maximum atomic E-state index is 12.2. The number of amides is 1. The van der Waals surface area contributed by atoms with E-state index in [4.69, 9.17) is 4.74 Å². The van der Waals surface area contributed by atoms with Gasteiger partial charge in [0.2, 0.25) is 10.0 Å². The van der Waals surface area contributed by atoms with Crippen molar-refractivity contribution in [2.45, 2.75) is 23.8 Å². The number of nitrogens with one attached hydrogen (secondary N) is 3. The number of hydrogen-bond acceptors (Lipinski definition) is 5. The van der Waals surface area contributed by atoms with E-state index in [1.165, 1.54) is 24.3 Å². The van der Waals surface area contributed by atoms with Crippen LogP contribution >= 0.6 is 0 Å². The van der Waals surface area contributed by atoms with Gasteiger partial charge in [-0.25, -0.2) is 13.1 Å². The van der Waals surface area contributed by atoms with Crippen LogP contribution in [0.25, 0.3) is 0 Å². The fraction of sp³-hybridized carbons (Fsp3) is 0.533. The SMILES string of the molecule is CNCCNC(=O)c1ccc(S(=O)(=O)NCC2CCCO2)cc1. The summed E-state index contributed by atoms with van der Waals surface area (Å²) in [6, 6.07) is 5.89. The van der Waals surface area contributed by atoms with Gasteiger partial charge in [-0.3, -0.25) is 4.79 Å². The average Bonchev–Trinajstić information content (AvgIpc) is 3.07. The first-order valence-corrected chi connectivity index (χ1v) is 9.15. The van der Waals surface area contributed by atoms with Crippen LogP contribution in [0.2, 0.25) is 0 Å². The van der Waals surface area contributed by atoms with Crippen molar-refractivity contribution in [2.24, 2.45) is 0 Å². The van der Waals surface area contributed by atoms with Gasteiger partial charge in [0.25, 0.3) is 5.91 Å². The van der Waals surface area contributed by atoms with Gasteiger partial charge in [-0.15, -0.1) is 0 Å². The summed E-state index contributed by atoms with van der Waals surface area (Å²) in [6.45, 7) is 2.14. The molecule has 1 aromatic rings. The Hall–Kier alpha value is -1.48. The van der Waals surface area contributed by atoms with Crippen LogP contribution in [0.3, 0.4) is 0 Å². The summed E-state index contributed by atoms with van der Waals surface area (Å²) in [7, 11) is -1.78. The van der Waals surface area contributed by atoms with E-state index in [1.807, 2.05) is 0 Å². The number of carbonyl (C=O) groups excluding carboxylic acids is 1. The smallest absolute Gasteiger partial charge is 0.251 e. The zero-order chi connectivity index (χ0) is 16.7. The molecule has 0 aliphatic carbocycles. The summed E-state index contributed by atoms with van der Waals surface area (Å²) in [5, 5.41) is 5.67. The van der Waals surface area contributed by atoms with Gasteiger partial charge >= 0.3 is 0 Å². The van der Waals surface area contributed by atoms with E-state index in [-0.39, 0.29) is 23.5 Å². The van der Waals surface area contributed by atoms with Crippen LogP contribution < -0.4 is 15.4 Å². The van der Waals surface area contributed by atoms with E-state index in [1.54, 1.807) is 7.05 Å². The molecule has 1 heterocycles. The molecule has 8 heteroatoms. The number of likely N-dealkylation sites (N-methyl/N-ethyl adjacent to an activating group) is 1. The fourth-order valence-electron chi connectivity index (χ4n) is 2.28. The molecule has 3 N–H and O–H groups in total. The maximum absolute atomic E-state index is 12.2. The molecule has 7 nitrogen and oxygen atoms in total. The van der Waals surface area contributed by atoms with E-state index in [0.29, 0.717) is 25.3 Å². The van der Waals surface area contributed by atoms with Crippen LogP contribution in [0.1, 0.15) is 23.2 Å². The van der Waals surface area contributed by atoms with Gasteiger partial charge in [0.1, 0.15) is 0 Å². The predicted octanol–water partition coefficient (Wildman–Crippen LogP) is 0.0931. The molecular formula is C15H23N3O4S. The Morgan fingerprint density at radius 1 is 1.26 bits per heavy atom. The van der Waals surface area contributed by atoms with Crippen molar-refractivity contribution < 1.29 is 17.9 Å². The Kier molecular flexibility index (Phi) is 6.52. The van der Waals surface area contributed by atoms with Crippen LogP contribution in [0.5, 0.6) is 0 Å². The van der Waals surface area contributed by atoms with Gasteiger partial charge in [0.15, 0.2) is 0 Å². The Balaban J connectivity index is 1.93. The molecule has 0 spiro atoms. The lowest BCUT2D eigenvalue weighted by Crippen LogP contribution is -2.32. The highest BCUT2D eigenvalue weighted by Crippen LogP contribution is 2.14. The highest BCUT2D eigenvalue weighted by molar-refractivity contribution is 7.89. The molecule has 128 valence electrons. The van der Waals surface area contributed by atoms with E-state index in [2.05, 4.69) is 15.4 Å². The molecule has 1 fully saturated rings. The zero-order valence-electron chi connectivity index (χ0n) is 13.2. The minimum atomic E-state index is -3.58. The van der Waals surface area contributed by atoms with E-state index >= 15 is 0 Å². The third kappa shape index (κ3) is 5.28. The van der Waals surface area contributed by atoms with Crippen LogP contribution in [0, 0.1) is 0 Å². The average molecular weight is 341 g/mol. The van der Waals surface area contributed by atoms with Crippen molar-refractivity contribution in [3.8, 4) is 0 Å². The van der Waals surface area contributed by atoms with E-state index < -0.39 is 10.0 Å². The number of carbonyl (C=O) groups is 1. The fourth-order valence-corrected chi connectivity index (χ4v) is 3.35. The molecule has 1 unspecified atom stereocenters. The zero-order valence-corrected chi connectivity index (χ0v) is 14.0.